The fourth-order valence-electron chi connectivity index (χ4n) is 2.51. The van der Waals surface area contributed by atoms with E-state index in [1.54, 1.807) is 36.0 Å². The molecule has 0 aliphatic carbocycles. The molecule has 4 aromatic rings. The first kappa shape index (κ1) is 22.5. The van der Waals surface area contributed by atoms with Crippen LogP contribution in [0.3, 0.4) is 0 Å². The molecule has 0 heterocycles. The maximum Gasteiger partial charge on any atom is 0.339 e. The van der Waals surface area contributed by atoms with Crippen LogP contribution in [-0.4, -0.2) is 13.5 Å². The van der Waals surface area contributed by atoms with Crippen LogP contribution in [0, 0.1) is 6.92 Å². The van der Waals surface area contributed by atoms with E-state index in [-0.39, 0.29) is 16.4 Å². The van der Waals surface area contributed by atoms with Gasteiger partial charge in [0.15, 0.2) is 11.5 Å². The van der Waals surface area contributed by atoms with Crippen LogP contribution in [0.1, 0.15) is 5.56 Å². The maximum absolute atomic E-state index is 11.9. The van der Waals surface area contributed by atoms with E-state index >= 15 is 0 Å². The summed E-state index contributed by atoms with van der Waals surface area (Å²) in [5.74, 6) is -0.300. The smallest absolute Gasteiger partial charge is 0.339 e. The third-order valence-electron chi connectivity index (χ3n) is 4.10. The minimum atomic E-state index is -3.91. The molecule has 0 atom stereocenters. The topological polar surface area (TPSA) is 63.6 Å². The molecule has 0 amide bonds. The highest BCUT2D eigenvalue weighted by atomic mass is 32.2. The van der Waals surface area contributed by atoms with Crippen molar-refractivity contribution in [3.8, 4) is 11.5 Å². The fourth-order valence-corrected chi connectivity index (χ4v) is 4.31. The Morgan fingerprint density at radius 1 is 0.677 bits per heavy atom. The van der Waals surface area contributed by atoms with Gasteiger partial charge in [0.2, 0.25) is 0 Å². The monoisotopic (exact) mass is 450 g/mol. The van der Waals surface area contributed by atoms with Crippen LogP contribution in [0.25, 0.3) is 0 Å². The summed E-state index contributed by atoms with van der Waals surface area (Å²) in [4.78, 5) is 2.62. The molecule has 0 saturated carbocycles. The SMILES string of the molecule is Cc1ccc(S(=O)(=O)Oc2ccccc2O)cc1.c1ccc(Sc2ccccc2)cc1. The van der Waals surface area contributed by atoms with E-state index in [2.05, 4.69) is 48.5 Å². The zero-order chi connectivity index (χ0) is 22.1. The Kier molecular flexibility index (Phi) is 7.76. The number of hydrogen-bond donors (Lipinski definition) is 1. The van der Waals surface area contributed by atoms with Gasteiger partial charge < -0.3 is 9.29 Å². The minimum Gasteiger partial charge on any atom is -0.504 e. The first-order valence-electron chi connectivity index (χ1n) is 9.51. The average Bonchev–Trinajstić information content (AvgIpc) is 2.77. The number of phenols is 1. The van der Waals surface area contributed by atoms with Crippen molar-refractivity contribution in [3.63, 3.8) is 0 Å². The van der Waals surface area contributed by atoms with Gasteiger partial charge in [-0.3, -0.25) is 0 Å². The van der Waals surface area contributed by atoms with E-state index < -0.39 is 10.1 Å². The second-order valence-electron chi connectivity index (χ2n) is 6.55. The van der Waals surface area contributed by atoms with Crippen molar-refractivity contribution in [2.75, 3.05) is 0 Å². The molecule has 0 unspecified atom stereocenters. The zero-order valence-electron chi connectivity index (χ0n) is 16.9. The molecule has 0 fully saturated rings. The molecule has 0 aliphatic rings. The fraction of sp³-hybridized carbons (Fsp3) is 0.0400. The standard InChI is InChI=1S/C13H12O4S.C12H10S/c1-10-6-8-11(9-7-10)18(15,16)17-13-5-3-2-4-12(13)14;1-3-7-11(8-4-1)13-12-9-5-2-6-10-12/h2-9,14H,1H3;1-10H. The summed E-state index contributed by atoms with van der Waals surface area (Å²) in [5.41, 5.74) is 0.955. The van der Waals surface area contributed by atoms with Crippen LogP contribution in [0.5, 0.6) is 11.5 Å². The van der Waals surface area contributed by atoms with Crippen molar-refractivity contribution in [1.29, 1.82) is 0 Å². The summed E-state index contributed by atoms with van der Waals surface area (Å²) < 4.78 is 28.7. The first-order valence-corrected chi connectivity index (χ1v) is 11.7. The quantitative estimate of drug-likeness (QED) is 0.361. The predicted octanol–water partition coefficient (Wildman–Crippen LogP) is 6.31. The van der Waals surface area contributed by atoms with Gasteiger partial charge in [-0.05, 0) is 55.5 Å². The summed E-state index contributed by atoms with van der Waals surface area (Å²) in [6.07, 6.45) is 0. The van der Waals surface area contributed by atoms with E-state index in [0.717, 1.165) is 5.56 Å². The van der Waals surface area contributed by atoms with Crippen LogP contribution < -0.4 is 4.18 Å². The lowest BCUT2D eigenvalue weighted by Gasteiger charge is -2.08. The third kappa shape index (κ3) is 6.91. The van der Waals surface area contributed by atoms with E-state index in [1.807, 2.05) is 19.1 Å². The largest absolute Gasteiger partial charge is 0.504 e. The Morgan fingerprint density at radius 2 is 1.16 bits per heavy atom. The highest BCUT2D eigenvalue weighted by Crippen LogP contribution is 2.28. The molecule has 4 aromatic carbocycles. The predicted molar refractivity (Wildman–Crippen MR) is 124 cm³/mol. The minimum absolute atomic E-state index is 0.0522. The summed E-state index contributed by atoms with van der Waals surface area (Å²) in [7, 11) is -3.91. The van der Waals surface area contributed by atoms with Gasteiger partial charge in [-0.1, -0.05) is 78.0 Å². The molecule has 0 saturated heterocycles. The van der Waals surface area contributed by atoms with Gasteiger partial charge in [-0.15, -0.1) is 0 Å². The normalized spacial score (nSPS) is 10.6. The van der Waals surface area contributed by atoms with Gasteiger partial charge in [-0.2, -0.15) is 8.42 Å². The molecule has 0 aliphatic heterocycles. The summed E-state index contributed by atoms with van der Waals surface area (Å²) in [5, 5.41) is 9.48. The Balaban J connectivity index is 0.000000185. The molecule has 158 valence electrons. The van der Waals surface area contributed by atoms with E-state index in [0.29, 0.717) is 0 Å². The third-order valence-corrected chi connectivity index (χ3v) is 6.36. The first-order chi connectivity index (χ1) is 14.9. The lowest BCUT2D eigenvalue weighted by molar-refractivity contribution is 0.428. The highest BCUT2D eigenvalue weighted by molar-refractivity contribution is 7.99. The Hall–Kier alpha value is -3.22. The van der Waals surface area contributed by atoms with Crippen molar-refractivity contribution in [1.82, 2.24) is 0 Å². The molecule has 6 heteroatoms. The lowest BCUT2D eigenvalue weighted by Crippen LogP contribution is -2.09. The molecule has 0 aromatic heterocycles. The number of benzene rings is 4. The molecule has 31 heavy (non-hydrogen) atoms. The second kappa shape index (κ2) is 10.7. The van der Waals surface area contributed by atoms with Gasteiger partial charge in [0.1, 0.15) is 4.90 Å². The second-order valence-corrected chi connectivity index (χ2v) is 9.24. The lowest BCUT2D eigenvalue weighted by atomic mass is 10.2. The molecule has 4 nitrogen and oxygen atoms in total. The number of para-hydroxylation sites is 2. The number of phenolic OH excluding ortho intramolecular Hbond substituents is 1. The van der Waals surface area contributed by atoms with Gasteiger partial charge in [-0.25, -0.2) is 0 Å². The van der Waals surface area contributed by atoms with Crippen LogP contribution >= 0.6 is 11.8 Å². The summed E-state index contributed by atoms with van der Waals surface area (Å²) >= 11 is 1.79. The van der Waals surface area contributed by atoms with Crippen LogP contribution in [0.2, 0.25) is 0 Å². The molecular formula is C25H22O4S2. The van der Waals surface area contributed by atoms with Gasteiger partial charge in [0.05, 0.1) is 0 Å². The van der Waals surface area contributed by atoms with E-state index in [1.165, 1.54) is 34.1 Å². The molecule has 0 radical (unpaired) electrons. The molecular weight excluding hydrogens is 428 g/mol. The van der Waals surface area contributed by atoms with Crippen LogP contribution in [0.15, 0.2) is 124 Å². The van der Waals surface area contributed by atoms with Crippen LogP contribution in [0.4, 0.5) is 0 Å². The maximum atomic E-state index is 11.9. The highest BCUT2D eigenvalue weighted by Gasteiger charge is 2.17. The summed E-state index contributed by atoms with van der Waals surface area (Å²) in [6.45, 7) is 1.86. The van der Waals surface area contributed by atoms with E-state index in [4.69, 9.17) is 4.18 Å². The zero-order valence-corrected chi connectivity index (χ0v) is 18.5. The molecule has 1 N–H and O–H groups in total. The van der Waals surface area contributed by atoms with Gasteiger partial charge >= 0.3 is 10.1 Å². The number of aryl methyl sites for hydroxylation is 1. The number of aromatic hydroxyl groups is 1. The Bertz CT molecular complexity index is 1150. The van der Waals surface area contributed by atoms with Gasteiger partial charge in [0.25, 0.3) is 0 Å². The number of rotatable bonds is 5. The Morgan fingerprint density at radius 3 is 1.68 bits per heavy atom. The molecule has 4 rings (SSSR count). The average molecular weight is 451 g/mol. The van der Waals surface area contributed by atoms with Crippen molar-refractivity contribution in [2.45, 2.75) is 21.6 Å². The number of hydrogen-bond acceptors (Lipinski definition) is 5. The van der Waals surface area contributed by atoms with Crippen molar-refractivity contribution in [3.05, 3.63) is 115 Å². The molecule has 0 bridgehead atoms. The van der Waals surface area contributed by atoms with Gasteiger partial charge in [0, 0.05) is 9.79 Å². The summed E-state index contributed by atoms with van der Waals surface area (Å²) in [6, 6.07) is 33.0. The van der Waals surface area contributed by atoms with Crippen molar-refractivity contribution >= 4 is 21.9 Å². The van der Waals surface area contributed by atoms with Crippen molar-refractivity contribution in [2.24, 2.45) is 0 Å². The Labute approximate surface area is 187 Å². The van der Waals surface area contributed by atoms with Crippen molar-refractivity contribution < 1.29 is 17.7 Å². The molecule has 0 spiro atoms. The van der Waals surface area contributed by atoms with Crippen LogP contribution in [-0.2, 0) is 10.1 Å². The van der Waals surface area contributed by atoms with E-state index in [9.17, 15) is 13.5 Å².